The first-order chi connectivity index (χ1) is 21.7. The molecule has 2 atom stereocenters. The SMILES string of the molecule is COc1cc(C(=O)N2C[C@H](N)C[C@@H](F)C2)cc2nc(-c3cc4ccc(N5CCC6(CC5)CNC6=O)cc4n3CC3CC3)n(C)c12. The van der Waals surface area contributed by atoms with Crippen LogP contribution < -0.4 is 20.7 Å². The quantitative estimate of drug-likeness (QED) is 0.320. The van der Waals surface area contributed by atoms with Gasteiger partial charge in [0.25, 0.3) is 5.91 Å². The van der Waals surface area contributed by atoms with Gasteiger partial charge in [-0.2, -0.15) is 0 Å². The molecule has 236 valence electrons. The second-order valence-electron chi connectivity index (χ2n) is 13.6. The van der Waals surface area contributed by atoms with Crippen molar-refractivity contribution in [1.29, 1.82) is 0 Å². The fraction of sp³-hybridized carbons (Fsp3) is 0.500. The summed E-state index contributed by atoms with van der Waals surface area (Å²) in [6.07, 6.45) is 3.35. The number of carbonyl (C=O) groups is 2. The van der Waals surface area contributed by atoms with Crippen molar-refractivity contribution < 1.29 is 18.7 Å². The number of carbonyl (C=O) groups excluding carboxylic acids is 2. The molecule has 1 aliphatic carbocycles. The Morgan fingerprint density at radius 3 is 2.62 bits per heavy atom. The van der Waals surface area contributed by atoms with Gasteiger partial charge in [0, 0.05) is 62.5 Å². The Morgan fingerprint density at radius 1 is 1.16 bits per heavy atom. The summed E-state index contributed by atoms with van der Waals surface area (Å²) < 4.78 is 24.5. The molecule has 3 N–H and O–H groups in total. The number of halogens is 1. The minimum Gasteiger partial charge on any atom is -0.494 e. The largest absolute Gasteiger partial charge is 0.494 e. The predicted octanol–water partition coefficient (Wildman–Crippen LogP) is 3.84. The van der Waals surface area contributed by atoms with E-state index in [2.05, 4.69) is 39.0 Å². The molecule has 10 nitrogen and oxygen atoms in total. The highest BCUT2D eigenvalue weighted by Crippen LogP contribution is 2.41. The smallest absolute Gasteiger partial charge is 0.254 e. The van der Waals surface area contributed by atoms with Gasteiger partial charge in [-0.25, -0.2) is 9.37 Å². The summed E-state index contributed by atoms with van der Waals surface area (Å²) in [7, 11) is 3.58. The van der Waals surface area contributed by atoms with Crippen molar-refractivity contribution in [1.82, 2.24) is 24.3 Å². The first-order valence-corrected chi connectivity index (χ1v) is 16.1. The second kappa shape index (κ2) is 10.5. The van der Waals surface area contributed by atoms with Gasteiger partial charge in [-0.15, -0.1) is 0 Å². The van der Waals surface area contributed by atoms with Crippen LogP contribution in [0.1, 0.15) is 42.5 Å². The van der Waals surface area contributed by atoms with Gasteiger partial charge in [0.1, 0.15) is 17.4 Å². The molecule has 4 aliphatic rings. The minimum absolute atomic E-state index is 0.0389. The lowest BCUT2D eigenvalue weighted by Crippen LogP contribution is -2.62. The standard InChI is InChI=1S/C34H40FN7O3/c1-39-30-26(11-22(13-29(30)45-2)32(43)41-17-23(35)14-24(36)18-41)38-31(39)28-12-21-5-6-25(15-27(21)42(28)16-20-3-4-20)40-9-7-34(8-10-40)19-37-33(34)44/h5-6,11-13,15,20,23-24H,3-4,7-10,14,16-19,36H2,1-2H3,(H,37,44)/t23-,24-/m1/s1. The Morgan fingerprint density at radius 2 is 1.96 bits per heavy atom. The summed E-state index contributed by atoms with van der Waals surface area (Å²) in [5.74, 6) is 1.92. The van der Waals surface area contributed by atoms with Crippen molar-refractivity contribution >= 4 is 39.4 Å². The van der Waals surface area contributed by atoms with Crippen LogP contribution in [0, 0.1) is 11.3 Å². The summed E-state index contributed by atoms with van der Waals surface area (Å²) in [4.78, 5) is 34.7. The Balaban J connectivity index is 1.17. The molecule has 4 fully saturated rings. The molecule has 8 rings (SSSR count). The monoisotopic (exact) mass is 613 g/mol. The first kappa shape index (κ1) is 28.4. The number of imidazole rings is 1. The number of nitrogens with zero attached hydrogens (tertiary/aromatic N) is 5. The zero-order valence-electron chi connectivity index (χ0n) is 25.9. The van der Waals surface area contributed by atoms with Gasteiger partial charge >= 0.3 is 0 Å². The number of anilines is 1. The average Bonchev–Trinajstić information content (AvgIpc) is 3.71. The minimum atomic E-state index is -1.13. The number of benzene rings is 2. The van der Waals surface area contributed by atoms with Gasteiger partial charge in [-0.05, 0) is 68.4 Å². The van der Waals surface area contributed by atoms with Gasteiger partial charge in [0.15, 0.2) is 5.82 Å². The number of ether oxygens (including phenoxy) is 1. The van der Waals surface area contributed by atoms with E-state index in [0.717, 1.165) is 61.4 Å². The fourth-order valence-electron chi connectivity index (χ4n) is 7.63. The van der Waals surface area contributed by atoms with Crippen LogP contribution >= 0.6 is 0 Å². The summed E-state index contributed by atoms with van der Waals surface area (Å²) in [6.45, 7) is 3.82. The maximum absolute atomic E-state index is 14.3. The van der Waals surface area contributed by atoms with E-state index < -0.39 is 6.17 Å². The number of hydrogen-bond acceptors (Lipinski definition) is 6. The number of aromatic nitrogens is 3. The highest BCUT2D eigenvalue weighted by molar-refractivity contribution is 6.00. The lowest BCUT2D eigenvalue weighted by atomic mass is 9.72. The zero-order valence-corrected chi connectivity index (χ0v) is 25.9. The molecule has 3 saturated heterocycles. The fourth-order valence-corrected chi connectivity index (χ4v) is 7.63. The maximum Gasteiger partial charge on any atom is 0.254 e. The van der Waals surface area contributed by atoms with E-state index >= 15 is 0 Å². The molecule has 5 heterocycles. The van der Waals surface area contributed by atoms with E-state index in [4.69, 9.17) is 15.5 Å². The van der Waals surface area contributed by atoms with Gasteiger partial charge in [-0.3, -0.25) is 9.59 Å². The van der Waals surface area contributed by atoms with E-state index in [1.165, 1.54) is 28.9 Å². The molecule has 1 saturated carbocycles. The molecule has 2 amide bonds. The Bertz CT molecular complexity index is 1820. The van der Waals surface area contributed by atoms with Crippen molar-refractivity contribution in [3.8, 4) is 17.3 Å². The van der Waals surface area contributed by atoms with Crippen molar-refractivity contribution in [2.45, 2.75) is 50.9 Å². The third kappa shape index (κ3) is 4.74. The van der Waals surface area contributed by atoms with Gasteiger partial charge in [-0.1, -0.05) is 6.07 Å². The van der Waals surface area contributed by atoms with E-state index in [9.17, 15) is 14.0 Å². The molecule has 3 aliphatic heterocycles. The Hall–Kier alpha value is -4.12. The average molecular weight is 614 g/mol. The summed E-state index contributed by atoms with van der Waals surface area (Å²) in [6, 6.07) is 12.0. The number of nitrogens with one attached hydrogen (secondary N) is 1. The van der Waals surface area contributed by atoms with E-state index in [1.807, 2.05) is 11.6 Å². The molecular weight excluding hydrogens is 573 g/mol. The molecule has 0 radical (unpaired) electrons. The number of rotatable bonds is 6. The molecular formula is C34H40FN7O3. The number of aryl methyl sites for hydroxylation is 1. The number of fused-ring (bicyclic) bond motifs is 2. The third-order valence-electron chi connectivity index (χ3n) is 10.5. The number of hydrogen-bond donors (Lipinski definition) is 2. The number of nitrogens with two attached hydrogens (primary N) is 1. The van der Waals surface area contributed by atoms with Crippen molar-refractivity contribution in [2.24, 2.45) is 24.1 Å². The number of piperidine rings is 2. The molecule has 1 spiro atoms. The van der Waals surface area contributed by atoms with E-state index in [-0.39, 0.29) is 36.2 Å². The molecule has 2 aromatic carbocycles. The van der Waals surface area contributed by atoms with Crippen LogP contribution in [0.15, 0.2) is 36.4 Å². The highest BCUT2D eigenvalue weighted by atomic mass is 19.1. The predicted molar refractivity (Wildman–Crippen MR) is 171 cm³/mol. The third-order valence-corrected chi connectivity index (χ3v) is 10.5. The summed E-state index contributed by atoms with van der Waals surface area (Å²) >= 11 is 0. The first-order valence-electron chi connectivity index (χ1n) is 16.1. The molecule has 4 aromatic rings. The molecule has 11 heteroatoms. The normalized spacial score (nSPS) is 23.1. The number of alkyl halides is 1. The highest BCUT2D eigenvalue weighted by Gasteiger charge is 2.47. The maximum atomic E-state index is 14.3. The van der Waals surface area contributed by atoms with Crippen LogP contribution in [0.2, 0.25) is 0 Å². The van der Waals surface area contributed by atoms with Crippen molar-refractivity contribution in [3.05, 3.63) is 42.0 Å². The van der Waals surface area contributed by atoms with Crippen molar-refractivity contribution in [2.75, 3.05) is 44.7 Å². The van der Waals surface area contributed by atoms with Crippen LogP contribution in [0.25, 0.3) is 33.5 Å². The number of amides is 2. The molecule has 2 aromatic heterocycles. The van der Waals surface area contributed by atoms with Gasteiger partial charge in [0.2, 0.25) is 5.91 Å². The van der Waals surface area contributed by atoms with E-state index in [0.29, 0.717) is 29.3 Å². The topological polar surface area (TPSA) is 111 Å². The lowest BCUT2D eigenvalue weighted by Gasteiger charge is -2.47. The van der Waals surface area contributed by atoms with E-state index in [1.54, 1.807) is 19.2 Å². The molecule has 45 heavy (non-hydrogen) atoms. The lowest BCUT2D eigenvalue weighted by molar-refractivity contribution is -0.141. The molecule has 0 unspecified atom stereocenters. The number of β-lactam (4-membered cyclic amide) rings is 1. The van der Waals surface area contributed by atoms with Gasteiger partial charge < -0.3 is 34.7 Å². The van der Waals surface area contributed by atoms with Crippen LogP contribution in [0.5, 0.6) is 5.75 Å². The van der Waals surface area contributed by atoms with Crippen LogP contribution in [0.3, 0.4) is 0 Å². The van der Waals surface area contributed by atoms with Crippen LogP contribution in [0.4, 0.5) is 10.1 Å². The Labute approximate surface area is 261 Å². The van der Waals surface area contributed by atoms with Crippen LogP contribution in [-0.2, 0) is 18.4 Å². The molecule has 0 bridgehead atoms. The second-order valence-corrected chi connectivity index (χ2v) is 13.6. The number of likely N-dealkylation sites (tertiary alicyclic amines) is 1. The Kier molecular flexibility index (Phi) is 6.60. The zero-order chi connectivity index (χ0) is 31.0. The van der Waals surface area contributed by atoms with Gasteiger partial charge in [0.05, 0.1) is 35.8 Å². The van der Waals surface area contributed by atoms with Crippen LogP contribution in [-0.4, -0.2) is 82.9 Å². The summed E-state index contributed by atoms with van der Waals surface area (Å²) in [5, 5.41) is 4.08. The van der Waals surface area contributed by atoms with Crippen molar-refractivity contribution in [3.63, 3.8) is 0 Å². The summed E-state index contributed by atoms with van der Waals surface area (Å²) in [5.41, 5.74) is 11.1. The number of methoxy groups -OCH3 is 1.